The van der Waals surface area contributed by atoms with Gasteiger partial charge in [-0.3, -0.25) is 4.79 Å². The van der Waals surface area contributed by atoms with Gasteiger partial charge in [0.05, 0.1) is 5.56 Å². The lowest BCUT2D eigenvalue weighted by Gasteiger charge is -2.18. The normalized spacial score (nSPS) is 11.3. The topological polar surface area (TPSA) is 42.9 Å². The molecular formula is C15H16N2OS. The predicted molar refractivity (Wildman–Crippen MR) is 76.7 cm³/mol. The smallest absolute Gasteiger partial charge is 0.192 e. The summed E-state index contributed by atoms with van der Waals surface area (Å²) in [7, 11) is 0. The van der Waals surface area contributed by atoms with E-state index >= 15 is 0 Å². The van der Waals surface area contributed by atoms with Gasteiger partial charge in [0.25, 0.3) is 0 Å². The van der Waals surface area contributed by atoms with Crippen molar-refractivity contribution in [2.75, 3.05) is 0 Å². The summed E-state index contributed by atoms with van der Waals surface area (Å²) in [5, 5.41) is 0.647. The maximum absolute atomic E-state index is 10.5. The first-order valence-corrected chi connectivity index (χ1v) is 6.86. The SMILES string of the molecule is CC(C)(C)c1ccc(Sc2ncc(C=O)cn2)cc1. The van der Waals surface area contributed by atoms with Crippen LogP contribution in [-0.4, -0.2) is 16.3 Å². The van der Waals surface area contributed by atoms with Gasteiger partial charge in [-0.1, -0.05) is 32.9 Å². The van der Waals surface area contributed by atoms with E-state index in [0.29, 0.717) is 10.7 Å². The zero-order valence-electron chi connectivity index (χ0n) is 11.3. The monoisotopic (exact) mass is 272 g/mol. The Bertz CT molecular complexity index is 556. The highest BCUT2D eigenvalue weighted by atomic mass is 32.2. The number of nitrogens with zero attached hydrogens (tertiary/aromatic N) is 2. The van der Waals surface area contributed by atoms with E-state index in [0.717, 1.165) is 11.2 Å². The van der Waals surface area contributed by atoms with E-state index in [1.807, 2.05) is 0 Å². The molecule has 0 amide bonds. The quantitative estimate of drug-likeness (QED) is 0.630. The summed E-state index contributed by atoms with van der Waals surface area (Å²) < 4.78 is 0. The Morgan fingerprint density at radius 3 is 2.11 bits per heavy atom. The zero-order valence-corrected chi connectivity index (χ0v) is 12.1. The molecule has 1 aromatic carbocycles. The molecule has 1 aromatic heterocycles. The van der Waals surface area contributed by atoms with Crippen molar-refractivity contribution < 1.29 is 4.79 Å². The maximum Gasteiger partial charge on any atom is 0.192 e. The standard InChI is InChI=1S/C15H16N2OS/c1-15(2,3)12-4-6-13(7-5-12)19-14-16-8-11(10-18)9-17-14/h4-10H,1-3H3. The third kappa shape index (κ3) is 3.64. The molecule has 0 unspecified atom stereocenters. The molecule has 0 aliphatic carbocycles. The Morgan fingerprint density at radius 1 is 1.05 bits per heavy atom. The number of carbonyl (C=O) groups excluding carboxylic acids is 1. The lowest BCUT2D eigenvalue weighted by Crippen LogP contribution is -2.10. The van der Waals surface area contributed by atoms with Crippen LogP contribution < -0.4 is 0 Å². The van der Waals surface area contributed by atoms with E-state index in [9.17, 15) is 4.79 Å². The molecule has 0 N–H and O–H groups in total. The molecule has 0 aliphatic rings. The molecule has 19 heavy (non-hydrogen) atoms. The lowest BCUT2D eigenvalue weighted by molar-refractivity contribution is 0.112. The molecule has 4 heteroatoms. The summed E-state index contributed by atoms with van der Waals surface area (Å²) >= 11 is 1.49. The van der Waals surface area contributed by atoms with Crippen LogP contribution in [0.15, 0.2) is 46.7 Å². The fourth-order valence-electron chi connectivity index (χ4n) is 1.57. The number of rotatable bonds is 3. The van der Waals surface area contributed by atoms with Gasteiger partial charge in [0.15, 0.2) is 11.4 Å². The van der Waals surface area contributed by atoms with Crippen LogP contribution in [0.5, 0.6) is 0 Å². The molecule has 1 heterocycles. The second-order valence-electron chi connectivity index (χ2n) is 5.29. The van der Waals surface area contributed by atoms with Crippen LogP contribution in [0, 0.1) is 0 Å². The van der Waals surface area contributed by atoms with Crippen LogP contribution in [0.1, 0.15) is 36.7 Å². The van der Waals surface area contributed by atoms with Crippen molar-refractivity contribution in [3.63, 3.8) is 0 Å². The van der Waals surface area contributed by atoms with Crippen LogP contribution in [0.3, 0.4) is 0 Å². The van der Waals surface area contributed by atoms with Crippen molar-refractivity contribution in [2.45, 2.75) is 36.2 Å². The third-order valence-electron chi connectivity index (χ3n) is 2.71. The Balaban J connectivity index is 2.12. The summed E-state index contributed by atoms with van der Waals surface area (Å²) in [4.78, 5) is 19.9. The van der Waals surface area contributed by atoms with E-state index in [-0.39, 0.29) is 5.41 Å². The van der Waals surface area contributed by atoms with Crippen molar-refractivity contribution in [3.8, 4) is 0 Å². The van der Waals surface area contributed by atoms with Gasteiger partial charge in [-0.05, 0) is 34.9 Å². The Kier molecular flexibility index (Phi) is 4.00. The predicted octanol–water partition coefficient (Wildman–Crippen LogP) is 3.74. The molecule has 0 aliphatic heterocycles. The first kappa shape index (κ1) is 13.7. The molecule has 3 nitrogen and oxygen atoms in total. The maximum atomic E-state index is 10.5. The minimum Gasteiger partial charge on any atom is -0.298 e. The van der Waals surface area contributed by atoms with Gasteiger partial charge in [0, 0.05) is 17.3 Å². The molecule has 0 saturated heterocycles. The van der Waals surface area contributed by atoms with E-state index < -0.39 is 0 Å². The van der Waals surface area contributed by atoms with Crippen LogP contribution in [0.2, 0.25) is 0 Å². The number of aldehydes is 1. The Morgan fingerprint density at radius 2 is 1.63 bits per heavy atom. The van der Waals surface area contributed by atoms with E-state index in [4.69, 9.17) is 0 Å². The minimum atomic E-state index is 0.158. The van der Waals surface area contributed by atoms with Crippen molar-refractivity contribution >= 4 is 18.0 Å². The van der Waals surface area contributed by atoms with Crippen LogP contribution in [-0.2, 0) is 5.41 Å². The highest BCUT2D eigenvalue weighted by Crippen LogP contribution is 2.28. The van der Waals surface area contributed by atoms with Gasteiger partial charge in [0.1, 0.15) is 0 Å². The van der Waals surface area contributed by atoms with E-state index in [1.54, 1.807) is 0 Å². The largest absolute Gasteiger partial charge is 0.298 e. The lowest BCUT2D eigenvalue weighted by atomic mass is 9.87. The second kappa shape index (κ2) is 5.53. The van der Waals surface area contributed by atoms with Crippen LogP contribution in [0.4, 0.5) is 0 Å². The van der Waals surface area contributed by atoms with Crippen molar-refractivity contribution in [1.82, 2.24) is 9.97 Å². The average Bonchev–Trinajstić information content (AvgIpc) is 2.39. The fourth-order valence-corrected chi connectivity index (χ4v) is 2.26. The van der Waals surface area contributed by atoms with Crippen molar-refractivity contribution in [1.29, 1.82) is 0 Å². The highest BCUT2D eigenvalue weighted by Gasteiger charge is 2.13. The molecule has 0 bridgehead atoms. The van der Waals surface area contributed by atoms with Gasteiger partial charge in [0.2, 0.25) is 0 Å². The molecule has 0 atom stereocenters. The molecule has 0 saturated carbocycles. The number of aromatic nitrogens is 2. The highest BCUT2D eigenvalue weighted by molar-refractivity contribution is 7.99. The molecular weight excluding hydrogens is 256 g/mol. The number of carbonyl (C=O) groups is 1. The summed E-state index contributed by atoms with van der Waals surface area (Å²) in [6, 6.07) is 8.40. The van der Waals surface area contributed by atoms with Crippen molar-refractivity contribution in [2.24, 2.45) is 0 Å². The van der Waals surface area contributed by atoms with Gasteiger partial charge in [-0.2, -0.15) is 0 Å². The van der Waals surface area contributed by atoms with Gasteiger partial charge in [-0.15, -0.1) is 0 Å². The van der Waals surface area contributed by atoms with E-state index in [2.05, 4.69) is 55.0 Å². The number of benzene rings is 1. The second-order valence-corrected chi connectivity index (χ2v) is 6.33. The first-order valence-electron chi connectivity index (χ1n) is 6.04. The Hall–Kier alpha value is -1.68. The van der Waals surface area contributed by atoms with Gasteiger partial charge in [-0.25, -0.2) is 9.97 Å². The van der Waals surface area contributed by atoms with Crippen molar-refractivity contribution in [3.05, 3.63) is 47.8 Å². The molecule has 0 spiro atoms. The fraction of sp³-hybridized carbons (Fsp3) is 0.267. The summed E-state index contributed by atoms with van der Waals surface area (Å²) in [6.07, 6.45) is 3.81. The van der Waals surface area contributed by atoms with E-state index in [1.165, 1.54) is 29.7 Å². The molecule has 98 valence electrons. The molecule has 0 radical (unpaired) electrons. The number of hydrogen-bond donors (Lipinski definition) is 0. The minimum absolute atomic E-state index is 0.158. The molecule has 2 rings (SSSR count). The molecule has 0 fully saturated rings. The third-order valence-corrected chi connectivity index (χ3v) is 3.61. The van der Waals surface area contributed by atoms with Crippen LogP contribution in [0.25, 0.3) is 0 Å². The van der Waals surface area contributed by atoms with Crippen LogP contribution >= 0.6 is 11.8 Å². The molecule has 2 aromatic rings. The van der Waals surface area contributed by atoms with Gasteiger partial charge >= 0.3 is 0 Å². The summed E-state index contributed by atoms with van der Waals surface area (Å²) in [5.74, 6) is 0. The van der Waals surface area contributed by atoms with Gasteiger partial charge < -0.3 is 0 Å². The number of hydrogen-bond acceptors (Lipinski definition) is 4. The Labute approximate surface area is 117 Å². The zero-order chi connectivity index (χ0) is 13.9. The summed E-state index contributed by atoms with van der Waals surface area (Å²) in [5.41, 5.74) is 1.95. The summed E-state index contributed by atoms with van der Waals surface area (Å²) in [6.45, 7) is 6.57. The average molecular weight is 272 g/mol. The first-order chi connectivity index (χ1) is 8.99.